The predicted octanol–water partition coefficient (Wildman–Crippen LogP) is 2.80. The molecule has 18 heavy (non-hydrogen) atoms. The van der Waals surface area contributed by atoms with Crippen LogP contribution in [-0.2, 0) is 0 Å². The summed E-state index contributed by atoms with van der Waals surface area (Å²) in [6.07, 6.45) is 1.82. The molecule has 0 aromatic heterocycles. The van der Waals surface area contributed by atoms with Crippen LogP contribution in [0.15, 0.2) is 24.3 Å². The Kier molecular flexibility index (Phi) is 5.58. The second-order valence-corrected chi connectivity index (χ2v) is 4.58. The Morgan fingerprint density at radius 3 is 2.44 bits per heavy atom. The summed E-state index contributed by atoms with van der Waals surface area (Å²) < 4.78 is 0. The molecule has 0 heterocycles. The van der Waals surface area contributed by atoms with Crippen molar-refractivity contribution in [3.8, 4) is 0 Å². The lowest BCUT2D eigenvalue weighted by molar-refractivity contribution is -0.384. The second-order valence-electron chi connectivity index (χ2n) is 4.58. The zero-order valence-electron chi connectivity index (χ0n) is 10.8. The second kappa shape index (κ2) is 6.96. The van der Waals surface area contributed by atoms with E-state index in [1.807, 2.05) is 6.92 Å². The predicted molar refractivity (Wildman–Crippen MR) is 71.7 cm³/mol. The smallest absolute Gasteiger partial charge is 0.269 e. The lowest BCUT2D eigenvalue weighted by Gasteiger charge is -2.21. The fraction of sp³-hybridized carbons (Fsp3) is 0.538. The van der Waals surface area contributed by atoms with Crippen molar-refractivity contribution in [1.29, 1.82) is 0 Å². The van der Waals surface area contributed by atoms with Gasteiger partial charge in [0.15, 0.2) is 0 Å². The average molecular weight is 252 g/mol. The van der Waals surface area contributed by atoms with Gasteiger partial charge in [-0.05, 0) is 30.9 Å². The van der Waals surface area contributed by atoms with Gasteiger partial charge in [-0.25, -0.2) is 0 Å². The number of hydrogen-bond donors (Lipinski definition) is 2. The highest BCUT2D eigenvalue weighted by Gasteiger charge is 2.11. The molecule has 0 spiro atoms. The summed E-state index contributed by atoms with van der Waals surface area (Å²) in [5.41, 5.74) is 0.968. The Labute approximate surface area is 107 Å². The van der Waals surface area contributed by atoms with Crippen molar-refractivity contribution in [2.45, 2.75) is 32.7 Å². The van der Waals surface area contributed by atoms with Crippen LogP contribution in [0.2, 0.25) is 0 Å². The first-order chi connectivity index (χ1) is 8.56. The van der Waals surface area contributed by atoms with E-state index in [2.05, 4.69) is 12.2 Å². The van der Waals surface area contributed by atoms with E-state index in [1.165, 1.54) is 12.1 Å². The van der Waals surface area contributed by atoms with Gasteiger partial charge in [-0.3, -0.25) is 10.1 Å². The van der Waals surface area contributed by atoms with E-state index in [0.29, 0.717) is 0 Å². The molecule has 0 aliphatic carbocycles. The van der Waals surface area contributed by atoms with Crippen molar-refractivity contribution in [2.75, 3.05) is 11.9 Å². The topological polar surface area (TPSA) is 75.4 Å². The Morgan fingerprint density at radius 2 is 2.00 bits per heavy atom. The number of nitro benzene ring substituents is 1. The molecule has 1 rings (SSSR count). The van der Waals surface area contributed by atoms with E-state index in [0.717, 1.165) is 18.5 Å². The maximum Gasteiger partial charge on any atom is 0.269 e. The largest absolute Gasteiger partial charge is 0.396 e. The molecule has 5 heteroatoms. The van der Waals surface area contributed by atoms with E-state index in [4.69, 9.17) is 5.11 Å². The molecule has 0 saturated heterocycles. The van der Waals surface area contributed by atoms with Crippen molar-refractivity contribution in [3.63, 3.8) is 0 Å². The summed E-state index contributed by atoms with van der Waals surface area (Å²) in [5.74, 6) is 0.250. The SMILES string of the molecule is CC[C@H](C[C@@H](C)CO)Nc1ccc([N+](=O)[O-])cc1. The van der Waals surface area contributed by atoms with Crippen LogP contribution in [0.3, 0.4) is 0 Å². The summed E-state index contributed by atoms with van der Waals surface area (Å²) in [7, 11) is 0. The van der Waals surface area contributed by atoms with Gasteiger partial charge in [-0.2, -0.15) is 0 Å². The molecule has 0 bridgehead atoms. The summed E-state index contributed by atoms with van der Waals surface area (Å²) in [6, 6.07) is 6.68. The van der Waals surface area contributed by atoms with E-state index in [1.54, 1.807) is 12.1 Å². The molecule has 0 fully saturated rings. The normalized spacial score (nSPS) is 13.9. The number of aliphatic hydroxyl groups is 1. The Balaban J connectivity index is 2.61. The van der Waals surface area contributed by atoms with Crippen molar-refractivity contribution in [1.82, 2.24) is 0 Å². The van der Waals surface area contributed by atoms with Crippen molar-refractivity contribution in [2.24, 2.45) is 5.92 Å². The third-order valence-corrected chi connectivity index (χ3v) is 2.94. The molecule has 0 saturated carbocycles. The first-order valence-corrected chi connectivity index (χ1v) is 6.18. The number of anilines is 1. The number of aliphatic hydroxyl groups excluding tert-OH is 1. The minimum atomic E-state index is -0.408. The number of nitrogens with zero attached hydrogens (tertiary/aromatic N) is 1. The number of benzene rings is 1. The van der Waals surface area contributed by atoms with Gasteiger partial charge in [-0.15, -0.1) is 0 Å². The number of rotatable bonds is 7. The van der Waals surface area contributed by atoms with Crippen LogP contribution in [0, 0.1) is 16.0 Å². The molecule has 0 aliphatic heterocycles. The number of nitro groups is 1. The van der Waals surface area contributed by atoms with Crippen molar-refractivity contribution < 1.29 is 10.0 Å². The third kappa shape index (κ3) is 4.33. The highest BCUT2D eigenvalue weighted by Crippen LogP contribution is 2.19. The Hall–Kier alpha value is -1.62. The first-order valence-electron chi connectivity index (χ1n) is 6.18. The van der Waals surface area contributed by atoms with Crippen molar-refractivity contribution >= 4 is 11.4 Å². The molecule has 2 N–H and O–H groups in total. The zero-order chi connectivity index (χ0) is 13.5. The minimum Gasteiger partial charge on any atom is -0.396 e. The molecule has 0 amide bonds. The van der Waals surface area contributed by atoms with Crippen LogP contribution >= 0.6 is 0 Å². The van der Waals surface area contributed by atoms with Gasteiger partial charge in [0.05, 0.1) is 4.92 Å². The minimum absolute atomic E-state index is 0.0947. The summed E-state index contributed by atoms with van der Waals surface area (Å²) >= 11 is 0. The molecular formula is C13H20N2O3. The highest BCUT2D eigenvalue weighted by molar-refractivity contribution is 5.49. The van der Waals surface area contributed by atoms with E-state index >= 15 is 0 Å². The Morgan fingerprint density at radius 1 is 1.39 bits per heavy atom. The summed E-state index contributed by atoms with van der Waals surface area (Å²) in [5, 5.41) is 22.9. The van der Waals surface area contributed by atoms with Gasteiger partial charge in [0.1, 0.15) is 0 Å². The molecular weight excluding hydrogens is 232 g/mol. The van der Waals surface area contributed by atoms with E-state index in [9.17, 15) is 10.1 Å². The summed E-state index contributed by atoms with van der Waals surface area (Å²) in [4.78, 5) is 10.1. The van der Waals surface area contributed by atoms with Gasteiger partial charge in [-0.1, -0.05) is 13.8 Å². The average Bonchev–Trinajstić information content (AvgIpc) is 2.38. The zero-order valence-corrected chi connectivity index (χ0v) is 10.8. The molecule has 1 aromatic carbocycles. The maximum absolute atomic E-state index is 10.5. The monoisotopic (exact) mass is 252 g/mol. The number of nitrogens with one attached hydrogen (secondary N) is 1. The fourth-order valence-corrected chi connectivity index (χ4v) is 1.80. The Bertz CT molecular complexity index is 378. The van der Waals surface area contributed by atoms with Gasteiger partial charge < -0.3 is 10.4 Å². The molecule has 0 aliphatic rings. The third-order valence-electron chi connectivity index (χ3n) is 2.94. The van der Waals surface area contributed by atoms with Crippen LogP contribution in [0.4, 0.5) is 11.4 Å². The van der Waals surface area contributed by atoms with Crippen LogP contribution in [0.25, 0.3) is 0 Å². The van der Waals surface area contributed by atoms with Crippen LogP contribution in [0.5, 0.6) is 0 Å². The van der Waals surface area contributed by atoms with Gasteiger partial charge in [0.2, 0.25) is 0 Å². The fourth-order valence-electron chi connectivity index (χ4n) is 1.80. The van der Waals surface area contributed by atoms with Crippen LogP contribution < -0.4 is 5.32 Å². The maximum atomic E-state index is 10.5. The van der Waals surface area contributed by atoms with Gasteiger partial charge in [0.25, 0.3) is 5.69 Å². The van der Waals surface area contributed by atoms with Crippen LogP contribution in [-0.4, -0.2) is 22.7 Å². The molecule has 0 radical (unpaired) electrons. The van der Waals surface area contributed by atoms with Gasteiger partial charge >= 0.3 is 0 Å². The molecule has 0 unspecified atom stereocenters. The molecule has 100 valence electrons. The lowest BCUT2D eigenvalue weighted by atomic mass is 10.0. The first kappa shape index (κ1) is 14.4. The molecule has 2 atom stereocenters. The molecule has 1 aromatic rings. The van der Waals surface area contributed by atoms with Crippen LogP contribution in [0.1, 0.15) is 26.7 Å². The summed E-state index contributed by atoms with van der Waals surface area (Å²) in [6.45, 7) is 4.26. The molecule has 5 nitrogen and oxygen atoms in total. The highest BCUT2D eigenvalue weighted by atomic mass is 16.6. The number of non-ortho nitro benzene ring substituents is 1. The van der Waals surface area contributed by atoms with Crippen molar-refractivity contribution in [3.05, 3.63) is 34.4 Å². The standard InChI is InChI=1S/C13H20N2O3/c1-3-11(8-10(2)9-16)14-12-4-6-13(7-5-12)15(17)18/h4-7,10-11,14,16H,3,8-9H2,1-2H3/t10-,11-/m1/s1. The quantitative estimate of drug-likeness (QED) is 0.578. The lowest BCUT2D eigenvalue weighted by Crippen LogP contribution is -2.22. The number of hydrogen-bond acceptors (Lipinski definition) is 4. The van der Waals surface area contributed by atoms with E-state index < -0.39 is 4.92 Å². The van der Waals surface area contributed by atoms with E-state index in [-0.39, 0.29) is 24.3 Å². The van der Waals surface area contributed by atoms with Gasteiger partial charge in [0, 0.05) is 30.5 Å².